The van der Waals surface area contributed by atoms with Crippen LogP contribution in [0.3, 0.4) is 0 Å². The Morgan fingerprint density at radius 2 is 1.68 bits per heavy atom. The van der Waals surface area contributed by atoms with E-state index in [4.69, 9.17) is 4.74 Å². The molecule has 2 atom stereocenters. The van der Waals surface area contributed by atoms with Crippen LogP contribution in [0.1, 0.15) is 22.9 Å². The van der Waals surface area contributed by atoms with Gasteiger partial charge in [0, 0.05) is 38.3 Å². The highest BCUT2D eigenvalue weighted by Crippen LogP contribution is 2.38. The van der Waals surface area contributed by atoms with Gasteiger partial charge in [-0.15, -0.1) is 0 Å². The van der Waals surface area contributed by atoms with Crippen molar-refractivity contribution in [3.63, 3.8) is 0 Å². The fourth-order valence-electron chi connectivity index (χ4n) is 5.63. The van der Waals surface area contributed by atoms with Gasteiger partial charge in [-0.3, -0.25) is 19.5 Å². The molecule has 9 heteroatoms. The Bertz CT molecular complexity index is 1680. The van der Waals surface area contributed by atoms with E-state index in [2.05, 4.69) is 15.6 Å². The Labute approximate surface area is 256 Å². The van der Waals surface area contributed by atoms with Crippen LogP contribution in [-0.2, 0) is 22.4 Å². The first-order chi connectivity index (χ1) is 21.5. The summed E-state index contributed by atoms with van der Waals surface area (Å²) in [5.41, 5.74) is 3.54. The molecule has 0 fully saturated rings. The smallest absolute Gasteiger partial charge is 0.322 e. The number of pyridine rings is 1. The van der Waals surface area contributed by atoms with Crippen LogP contribution >= 0.6 is 0 Å². The van der Waals surface area contributed by atoms with Crippen molar-refractivity contribution in [2.75, 3.05) is 20.1 Å². The average Bonchev–Trinajstić information content (AvgIpc) is 3.40. The highest BCUT2D eigenvalue weighted by molar-refractivity contribution is 6.03. The summed E-state index contributed by atoms with van der Waals surface area (Å²) < 4.78 is 6.03. The monoisotopic (exact) mass is 587 g/mol. The summed E-state index contributed by atoms with van der Waals surface area (Å²) in [7, 11) is 1.64. The molecule has 0 aliphatic carbocycles. The zero-order chi connectivity index (χ0) is 30.5. The summed E-state index contributed by atoms with van der Waals surface area (Å²) in [6.45, 7) is 0.521. The number of hydrogen-bond donors (Lipinski definition) is 2. The average molecular weight is 588 g/mol. The third-order valence-electron chi connectivity index (χ3n) is 7.92. The van der Waals surface area contributed by atoms with Crippen molar-refractivity contribution < 1.29 is 19.1 Å². The van der Waals surface area contributed by atoms with Crippen LogP contribution in [0.5, 0.6) is 11.5 Å². The molecule has 2 aliphatic heterocycles. The predicted molar refractivity (Wildman–Crippen MR) is 166 cm³/mol. The molecule has 2 N–H and O–H groups in total. The van der Waals surface area contributed by atoms with E-state index in [1.54, 1.807) is 18.1 Å². The summed E-state index contributed by atoms with van der Waals surface area (Å²) >= 11 is 0. The number of para-hydroxylation sites is 1. The number of carbonyl (C=O) groups is 3. The van der Waals surface area contributed by atoms with Gasteiger partial charge in [0.05, 0.1) is 23.9 Å². The molecule has 0 unspecified atom stereocenters. The molecular weight excluding hydrogens is 554 g/mol. The van der Waals surface area contributed by atoms with Gasteiger partial charge in [-0.25, -0.2) is 4.79 Å². The molecule has 0 spiro atoms. The minimum absolute atomic E-state index is 0.139. The van der Waals surface area contributed by atoms with Crippen molar-refractivity contribution in [3.05, 3.63) is 137 Å². The third kappa shape index (κ3) is 6.17. The molecule has 0 radical (unpaired) electrons. The minimum Gasteiger partial charge on any atom is -0.457 e. The first kappa shape index (κ1) is 28.7. The third-order valence-corrected chi connectivity index (χ3v) is 7.92. The van der Waals surface area contributed by atoms with Crippen molar-refractivity contribution in [3.8, 4) is 11.5 Å². The molecular formula is C35H33N5O4. The number of benzene rings is 3. The molecule has 3 heterocycles. The number of aromatic nitrogens is 1. The van der Waals surface area contributed by atoms with Crippen molar-refractivity contribution in [2.45, 2.75) is 24.9 Å². The van der Waals surface area contributed by atoms with Crippen molar-refractivity contribution in [1.82, 2.24) is 25.4 Å². The van der Waals surface area contributed by atoms with E-state index >= 15 is 0 Å². The number of urea groups is 1. The summed E-state index contributed by atoms with van der Waals surface area (Å²) in [6.07, 6.45) is 2.62. The highest BCUT2D eigenvalue weighted by Gasteiger charge is 2.46. The van der Waals surface area contributed by atoms with E-state index in [0.717, 1.165) is 11.3 Å². The Morgan fingerprint density at radius 3 is 2.43 bits per heavy atom. The number of carbonyl (C=O) groups excluding carboxylic acids is 3. The lowest BCUT2D eigenvalue weighted by Gasteiger charge is -2.31. The largest absolute Gasteiger partial charge is 0.457 e. The lowest BCUT2D eigenvalue weighted by molar-refractivity contribution is -0.136. The van der Waals surface area contributed by atoms with Gasteiger partial charge in [-0.2, -0.15) is 0 Å². The van der Waals surface area contributed by atoms with Crippen LogP contribution in [-0.4, -0.2) is 58.8 Å². The molecule has 0 saturated heterocycles. The Kier molecular flexibility index (Phi) is 8.36. The molecule has 0 bridgehead atoms. The Hall–Kier alpha value is -5.44. The fourth-order valence-corrected chi connectivity index (χ4v) is 5.63. The van der Waals surface area contributed by atoms with Crippen LogP contribution in [0.4, 0.5) is 4.79 Å². The van der Waals surface area contributed by atoms with Gasteiger partial charge in [0.25, 0.3) is 5.91 Å². The maximum absolute atomic E-state index is 14.3. The summed E-state index contributed by atoms with van der Waals surface area (Å²) in [4.78, 5) is 48.5. The van der Waals surface area contributed by atoms with Gasteiger partial charge < -0.3 is 20.3 Å². The van der Waals surface area contributed by atoms with E-state index in [0.29, 0.717) is 47.7 Å². The van der Waals surface area contributed by atoms with Crippen molar-refractivity contribution >= 4 is 17.8 Å². The maximum Gasteiger partial charge on any atom is 0.322 e. The Balaban J connectivity index is 1.26. The second kappa shape index (κ2) is 12.8. The molecule has 0 saturated carbocycles. The number of likely N-dealkylation sites (N-methyl/N-ethyl adjacent to an activating group) is 1. The number of nitrogens with zero attached hydrogens (tertiary/aromatic N) is 3. The van der Waals surface area contributed by atoms with Crippen LogP contribution < -0.4 is 15.4 Å². The van der Waals surface area contributed by atoms with Gasteiger partial charge >= 0.3 is 6.03 Å². The van der Waals surface area contributed by atoms with Crippen LogP contribution in [0.2, 0.25) is 0 Å². The molecule has 44 heavy (non-hydrogen) atoms. The van der Waals surface area contributed by atoms with Gasteiger partial charge in [-0.1, -0.05) is 66.7 Å². The van der Waals surface area contributed by atoms with E-state index in [9.17, 15) is 14.4 Å². The molecule has 2 aliphatic rings. The summed E-state index contributed by atoms with van der Waals surface area (Å²) in [5, 5.41) is 6.00. The first-order valence-corrected chi connectivity index (χ1v) is 14.6. The second-order valence-electron chi connectivity index (χ2n) is 10.8. The molecule has 4 amide bonds. The van der Waals surface area contributed by atoms with Gasteiger partial charge in [0.15, 0.2) is 0 Å². The highest BCUT2D eigenvalue weighted by atomic mass is 16.5. The fraction of sp³-hybridized carbons (Fsp3) is 0.200. The second-order valence-corrected chi connectivity index (χ2v) is 10.8. The van der Waals surface area contributed by atoms with Gasteiger partial charge in [0.2, 0.25) is 5.91 Å². The molecule has 1 aromatic heterocycles. The van der Waals surface area contributed by atoms with E-state index in [1.165, 1.54) is 4.90 Å². The van der Waals surface area contributed by atoms with Crippen molar-refractivity contribution in [2.24, 2.45) is 0 Å². The van der Waals surface area contributed by atoms with E-state index in [-0.39, 0.29) is 24.4 Å². The maximum atomic E-state index is 14.3. The zero-order valence-electron chi connectivity index (χ0n) is 24.4. The first-order valence-electron chi connectivity index (χ1n) is 14.6. The molecule has 6 rings (SSSR count). The lowest BCUT2D eigenvalue weighted by Crippen LogP contribution is -2.50. The predicted octanol–water partition coefficient (Wildman–Crippen LogP) is 4.64. The zero-order valence-corrected chi connectivity index (χ0v) is 24.4. The molecule has 9 nitrogen and oxygen atoms in total. The van der Waals surface area contributed by atoms with Crippen LogP contribution in [0.25, 0.3) is 0 Å². The van der Waals surface area contributed by atoms with Gasteiger partial charge in [-0.05, 0) is 47.5 Å². The molecule has 4 aromatic rings. The summed E-state index contributed by atoms with van der Waals surface area (Å²) in [6, 6.07) is 30.3. The van der Waals surface area contributed by atoms with E-state index in [1.807, 2.05) is 103 Å². The molecule has 222 valence electrons. The number of rotatable bonds is 10. The number of amides is 4. The van der Waals surface area contributed by atoms with E-state index < -0.39 is 12.1 Å². The van der Waals surface area contributed by atoms with Crippen molar-refractivity contribution in [1.29, 1.82) is 0 Å². The normalized spacial score (nSPS) is 16.8. The van der Waals surface area contributed by atoms with Crippen LogP contribution in [0.15, 0.2) is 121 Å². The molecule has 3 aromatic carbocycles. The lowest BCUT2D eigenvalue weighted by atomic mass is 9.95. The number of ether oxygens (including phenoxy) is 1. The summed E-state index contributed by atoms with van der Waals surface area (Å²) in [5.74, 6) is 0.722. The topological polar surface area (TPSA) is 104 Å². The van der Waals surface area contributed by atoms with Crippen LogP contribution in [0, 0.1) is 0 Å². The number of hydrogen-bond acceptors (Lipinski definition) is 5. The standard InChI is InChI=1S/C35H33N5O4/c1-39-30-23-40(29(21-24-11-4-2-5-12-24)33(41)37-20-18-26-14-8-9-19-36-26)34(42)31(30)32(38-35(39)43)25-13-10-17-28(22-25)44-27-15-6-3-7-16-27/h2-17,19,22,29,32H,18,20-21,23H2,1H3,(H,37,41)(H,38,43)/t29-,32-/m0/s1. The van der Waals surface area contributed by atoms with Gasteiger partial charge in [0.1, 0.15) is 17.5 Å². The Morgan fingerprint density at radius 1 is 0.955 bits per heavy atom. The minimum atomic E-state index is -0.781. The quantitative estimate of drug-likeness (QED) is 0.282. The number of nitrogens with one attached hydrogen (secondary N) is 2. The SMILES string of the molecule is CN1C(=O)N[C@@H](c2cccc(Oc3ccccc3)c2)C2=C1CN([C@@H](Cc1ccccc1)C(=O)NCCc1ccccn1)C2=O.